The first-order valence-corrected chi connectivity index (χ1v) is 11.9. The Kier molecular flexibility index (Phi) is 5.32. The van der Waals surface area contributed by atoms with Crippen LogP contribution in [0.5, 0.6) is 0 Å². The van der Waals surface area contributed by atoms with Crippen molar-refractivity contribution in [2.45, 2.75) is 0 Å². The van der Waals surface area contributed by atoms with Crippen LogP contribution in [0.25, 0.3) is 55.8 Å². The van der Waals surface area contributed by atoms with E-state index < -0.39 is 0 Å². The molecule has 0 aliphatic carbocycles. The van der Waals surface area contributed by atoms with Crippen LogP contribution in [-0.4, -0.2) is 4.98 Å². The fourth-order valence-electron chi connectivity index (χ4n) is 4.32. The van der Waals surface area contributed by atoms with E-state index in [1.165, 1.54) is 16.7 Å². The summed E-state index contributed by atoms with van der Waals surface area (Å²) in [4.78, 5) is 4.73. The van der Waals surface area contributed by atoms with Crippen LogP contribution in [0, 0.1) is 0 Å². The van der Waals surface area contributed by atoms with Gasteiger partial charge in [0.15, 0.2) is 0 Å². The number of nitrogens with zero attached hydrogens (tertiary/aromatic N) is 1. The predicted octanol–water partition coefficient (Wildman–Crippen LogP) is 9.26. The minimum Gasteiger partial charge on any atom is -0.456 e. The Balaban J connectivity index is 1.41. The molecule has 0 amide bonds. The van der Waals surface area contributed by atoms with Gasteiger partial charge >= 0.3 is 0 Å². The number of halogens is 1. The van der Waals surface area contributed by atoms with Crippen molar-refractivity contribution in [2.24, 2.45) is 0 Å². The van der Waals surface area contributed by atoms with Crippen LogP contribution in [0.2, 0.25) is 0 Å². The Labute approximate surface area is 206 Å². The number of fused-ring (bicyclic) bond motifs is 1. The monoisotopic (exact) mass is 501 g/mol. The van der Waals surface area contributed by atoms with Gasteiger partial charge in [-0.1, -0.05) is 101 Å². The molecule has 2 nitrogen and oxygen atoms in total. The van der Waals surface area contributed by atoms with Crippen LogP contribution >= 0.6 is 15.9 Å². The largest absolute Gasteiger partial charge is 0.456 e. The number of benzene rings is 4. The standard InChI is InChI=1S/C31H20BrNO/c32-27-18-25(22-9-5-2-6-10-22)17-26(19-27)31-28-20-30(34-29(28)15-16-33-31)24-13-11-23(12-14-24)21-7-3-1-4-8-21/h1-20H. The minimum absolute atomic E-state index is 0.827. The van der Waals surface area contributed by atoms with Crippen LogP contribution in [-0.2, 0) is 0 Å². The molecule has 0 bridgehead atoms. The average Bonchev–Trinajstić information content (AvgIpc) is 3.34. The van der Waals surface area contributed by atoms with E-state index in [1.807, 2.05) is 24.4 Å². The molecular formula is C31H20BrNO. The lowest BCUT2D eigenvalue weighted by atomic mass is 10.00. The highest BCUT2D eigenvalue weighted by Gasteiger charge is 2.14. The molecular weight excluding hydrogens is 482 g/mol. The molecule has 2 aromatic heterocycles. The van der Waals surface area contributed by atoms with Gasteiger partial charge in [0.1, 0.15) is 11.3 Å². The molecule has 4 aromatic carbocycles. The topological polar surface area (TPSA) is 26.0 Å². The molecule has 0 spiro atoms. The second-order valence-electron chi connectivity index (χ2n) is 8.22. The third-order valence-electron chi connectivity index (χ3n) is 6.00. The number of rotatable bonds is 4. The molecule has 0 aliphatic rings. The van der Waals surface area contributed by atoms with Crippen molar-refractivity contribution in [1.29, 1.82) is 0 Å². The summed E-state index contributed by atoms with van der Waals surface area (Å²) in [5.41, 5.74) is 8.53. The average molecular weight is 502 g/mol. The molecule has 0 N–H and O–H groups in total. The summed E-state index contributed by atoms with van der Waals surface area (Å²) >= 11 is 3.69. The highest BCUT2D eigenvalue weighted by molar-refractivity contribution is 9.10. The zero-order valence-corrected chi connectivity index (χ0v) is 19.9. The molecule has 0 saturated carbocycles. The highest BCUT2D eigenvalue weighted by Crippen LogP contribution is 2.36. The smallest absolute Gasteiger partial charge is 0.138 e. The second kappa shape index (κ2) is 8.77. The highest BCUT2D eigenvalue weighted by atomic mass is 79.9. The van der Waals surface area contributed by atoms with E-state index in [0.717, 1.165) is 43.6 Å². The Bertz CT molecular complexity index is 1590. The van der Waals surface area contributed by atoms with Gasteiger partial charge in [-0.05, 0) is 52.6 Å². The van der Waals surface area contributed by atoms with Gasteiger partial charge in [-0.25, -0.2) is 0 Å². The zero-order valence-electron chi connectivity index (χ0n) is 18.3. The maximum absolute atomic E-state index is 6.26. The Hall–Kier alpha value is -3.95. The summed E-state index contributed by atoms with van der Waals surface area (Å²) in [5.74, 6) is 0.835. The molecule has 0 aliphatic heterocycles. The Morgan fingerprint density at radius 3 is 1.82 bits per heavy atom. The molecule has 6 aromatic rings. The van der Waals surface area contributed by atoms with E-state index in [9.17, 15) is 0 Å². The zero-order chi connectivity index (χ0) is 22.9. The van der Waals surface area contributed by atoms with Crippen LogP contribution in [0.4, 0.5) is 0 Å². The maximum Gasteiger partial charge on any atom is 0.138 e. The SMILES string of the molecule is Brc1cc(-c2ccccc2)cc(-c2nccc3oc(-c4ccc(-c5ccccc5)cc4)cc23)c1. The maximum atomic E-state index is 6.26. The normalized spacial score (nSPS) is 11.1. The van der Waals surface area contributed by atoms with Gasteiger partial charge in [-0.15, -0.1) is 0 Å². The van der Waals surface area contributed by atoms with Gasteiger partial charge in [0.25, 0.3) is 0 Å². The molecule has 0 radical (unpaired) electrons. The fourth-order valence-corrected chi connectivity index (χ4v) is 4.81. The summed E-state index contributed by atoms with van der Waals surface area (Å²) in [7, 11) is 0. The third-order valence-corrected chi connectivity index (χ3v) is 6.46. The first-order chi connectivity index (χ1) is 16.7. The van der Waals surface area contributed by atoms with Gasteiger partial charge in [-0.3, -0.25) is 4.98 Å². The summed E-state index contributed by atoms with van der Waals surface area (Å²) in [6, 6.07) is 39.7. The van der Waals surface area contributed by atoms with Crippen LogP contribution < -0.4 is 0 Å². The quantitative estimate of drug-likeness (QED) is 0.240. The molecule has 162 valence electrons. The molecule has 0 fully saturated rings. The summed E-state index contributed by atoms with van der Waals surface area (Å²) in [6.45, 7) is 0. The molecule has 6 rings (SSSR count). The van der Waals surface area contributed by atoms with Crippen molar-refractivity contribution >= 4 is 26.9 Å². The van der Waals surface area contributed by atoms with Crippen molar-refractivity contribution in [1.82, 2.24) is 4.98 Å². The van der Waals surface area contributed by atoms with Crippen molar-refractivity contribution in [3.05, 3.63) is 126 Å². The second-order valence-corrected chi connectivity index (χ2v) is 9.14. The molecule has 0 atom stereocenters. The van der Waals surface area contributed by atoms with Crippen LogP contribution in [0.3, 0.4) is 0 Å². The lowest BCUT2D eigenvalue weighted by Gasteiger charge is -2.08. The van der Waals surface area contributed by atoms with Crippen molar-refractivity contribution in [3.8, 4) is 44.8 Å². The molecule has 0 saturated heterocycles. The number of aromatic nitrogens is 1. The van der Waals surface area contributed by atoms with E-state index >= 15 is 0 Å². The fraction of sp³-hybridized carbons (Fsp3) is 0. The summed E-state index contributed by atoms with van der Waals surface area (Å²) in [6.07, 6.45) is 1.81. The van der Waals surface area contributed by atoms with Gasteiger partial charge in [0.05, 0.1) is 5.69 Å². The van der Waals surface area contributed by atoms with E-state index in [4.69, 9.17) is 9.40 Å². The van der Waals surface area contributed by atoms with Crippen molar-refractivity contribution in [2.75, 3.05) is 0 Å². The van der Waals surface area contributed by atoms with Gasteiger partial charge < -0.3 is 4.42 Å². The predicted molar refractivity (Wildman–Crippen MR) is 143 cm³/mol. The molecule has 34 heavy (non-hydrogen) atoms. The van der Waals surface area contributed by atoms with E-state index in [-0.39, 0.29) is 0 Å². The lowest BCUT2D eigenvalue weighted by Crippen LogP contribution is -1.86. The lowest BCUT2D eigenvalue weighted by molar-refractivity contribution is 0.631. The van der Waals surface area contributed by atoms with Crippen molar-refractivity contribution in [3.63, 3.8) is 0 Å². The minimum atomic E-state index is 0.827. The Morgan fingerprint density at radius 1 is 0.529 bits per heavy atom. The number of hydrogen-bond donors (Lipinski definition) is 0. The summed E-state index contributed by atoms with van der Waals surface area (Å²) < 4.78 is 7.27. The van der Waals surface area contributed by atoms with Gasteiger partial charge in [0.2, 0.25) is 0 Å². The molecule has 3 heteroatoms. The number of hydrogen-bond acceptors (Lipinski definition) is 2. The number of pyridine rings is 1. The molecule has 0 unspecified atom stereocenters. The first kappa shape index (κ1) is 20.6. The van der Waals surface area contributed by atoms with E-state index in [0.29, 0.717) is 0 Å². The van der Waals surface area contributed by atoms with Gasteiger partial charge in [-0.2, -0.15) is 0 Å². The third kappa shape index (κ3) is 3.95. The van der Waals surface area contributed by atoms with E-state index in [2.05, 4.69) is 113 Å². The van der Waals surface area contributed by atoms with Gasteiger partial charge in [0, 0.05) is 27.2 Å². The Morgan fingerprint density at radius 2 is 1.12 bits per heavy atom. The molecule has 2 heterocycles. The number of furan rings is 1. The van der Waals surface area contributed by atoms with E-state index in [1.54, 1.807) is 0 Å². The summed E-state index contributed by atoms with van der Waals surface area (Å²) in [5, 5.41) is 1.00. The van der Waals surface area contributed by atoms with Crippen LogP contribution in [0.15, 0.2) is 130 Å². The van der Waals surface area contributed by atoms with Crippen molar-refractivity contribution < 1.29 is 4.42 Å². The first-order valence-electron chi connectivity index (χ1n) is 11.2. The van der Waals surface area contributed by atoms with Crippen LogP contribution in [0.1, 0.15) is 0 Å².